The van der Waals surface area contributed by atoms with Gasteiger partial charge < -0.3 is 10.1 Å². The molecule has 1 aromatic heterocycles. The quantitative estimate of drug-likeness (QED) is 0.481. The number of halogens is 1. The first-order valence-corrected chi connectivity index (χ1v) is 8.73. The van der Waals surface area contributed by atoms with Crippen molar-refractivity contribution in [2.75, 3.05) is 11.9 Å². The number of esters is 1. The molecule has 126 valence electrons. The lowest BCUT2D eigenvalue weighted by molar-refractivity contribution is -0.146. The van der Waals surface area contributed by atoms with Gasteiger partial charge in [0.1, 0.15) is 0 Å². The van der Waals surface area contributed by atoms with Gasteiger partial charge in [-0.1, -0.05) is 30.3 Å². The van der Waals surface area contributed by atoms with Crippen LogP contribution in [0.15, 0.2) is 60.8 Å². The first-order chi connectivity index (χ1) is 12.1. The number of carbonyl (C=O) groups excluding carboxylic acids is 2. The zero-order valence-corrected chi connectivity index (χ0v) is 15.4. The lowest BCUT2D eigenvalue weighted by Crippen LogP contribution is -2.21. The zero-order valence-electron chi connectivity index (χ0n) is 13.2. The minimum atomic E-state index is -0.462. The fourth-order valence-electron chi connectivity index (χ4n) is 2.43. The van der Waals surface area contributed by atoms with Gasteiger partial charge in [0.05, 0.1) is 11.9 Å². The van der Waals surface area contributed by atoms with E-state index in [0.29, 0.717) is 5.69 Å². The monoisotopic (exact) mass is 446 g/mol. The van der Waals surface area contributed by atoms with Crippen LogP contribution < -0.4 is 5.32 Å². The molecule has 1 N–H and O–H groups in total. The van der Waals surface area contributed by atoms with Crippen LogP contribution in [0.5, 0.6) is 0 Å². The number of benzene rings is 2. The molecule has 0 spiro atoms. The van der Waals surface area contributed by atoms with E-state index in [-0.39, 0.29) is 18.9 Å². The molecule has 5 nitrogen and oxygen atoms in total. The number of para-hydroxylation sites is 1. The third-order valence-corrected chi connectivity index (χ3v) is 4.19. The Bertz CT molecular complexity index is 922. The normalized spacial score (nSPS) is 10.4. The highest BCUT2D eigenvalue weighted by Crippen LogP contribution is 2.17. The second kappa shape index (κ2) is 8.06. The average Bonchev–Trinajstić information content (AvgIpc) is 2.60. The summed E-state index contributed by atoms with van der Waals surface area (Å²) in [6.45, 7) is -0.317. The SMILES string of the molecule is O=C(COC(=O)Cc1cccc2cccnc12)Nc1cccc(I)c1. The first kappa shape index (κ1) is 17.3. The molecule has 0 fully saturated rings. The maximum absolute atomic E-state index is 12.0. The highest BCUT2D eigenvalue weighted by atomic mass is 127. The highest BCUT2D eigenvalue weighted by molar-refractivity contribution is 14.1. The maximum Gasteiger partial charge on any atom is 0.310 e. The molecule has 0 aliphatic heterocycles. The summed E-state index contributed by atoms with van der Waals surface area (Å²) in [4.78, 5) is 28.2. The van der Waals surface area contributed by atoms with Gasteiger partial charge in [-0.25, -0.2) is 0 Å². The van der Waals surface area contributed by atoms with Crippen LogP contribution in [-0.2, 0) is 20.7 Å². The van der Waals surface area contributed by atoms with Crippen molar-refractivity contribution in [1.29, 1.82) is 0 Å². The minimum absolute atomic E-state index is 0.0743. The number of hydrogen-bond donors (Lipinski definition) is 1. The molecule has 6 heteroatoms. The molecule has 0 radical (unpaired) electrons. The van der Waals surface area contributed by atoms with Crippen LogP contribution in [0.2, 0.25) is 0 Å². The predicted octanol–water partition coefficient (Wildman–Crippen LogP) is 3.56. The zero-order chi connectivity index (χ0) is 17.6. The molecule has 0 aliphatic carbocycles. The second-order valence-electron chi connectivity index (χ2n) is 5.39. The van der Waals surface area contributed by atoms with E-state index in [1.54, 1.807) is 12.3 Å². The van der Waals surface area contributed by atoms with Crippen molar-refractivity contribution in [3.63, 3.8) is 0 Å². The van der Waals surface area contributed by atoms with Crippen molar-refractivity contribution >= 4 is 51.1 Å². The lowest BCUT2D eigenvalue weighted by Gasteiger charge is -2.08. The summed E-state index contributed by atoms with van der Waals surface area (Å²) in [7, 11) is 0. The van der Waals surface area contributed by atoms with E-state index >= 15 is 0 Å². The number of rotatable bonds is 5. The summed E-state index contributed by atoms with van der Waals surface area (Å²) in [5.74, 6) is -0.831. The van der Waals surface area contributed by atoms with Gasteiger partial charge >= 0.3 is 5.97 Å². The summed E-state index contributed by atoms with van der Waals surface area (Å²) < 4.78 is 6.09. The van der Waals surface area contributed by atoms with Gasteiger partial charge in [0.25, 0.3) is 5.91 Å². The van der Waals surface area contributed by atoms with Crippen molar-refractivity contribution in [3.8, 4) is 0 Å². The summed E-state index contributed by atoms with van der Waals surface area (Å²) in [5, 5.41) is 3.66. The van der Waals surface area contributed by atoms with Crippen molar-refractivity contribution in [2.45, 2.75) is 6.42 Å². The smallest absolute Gasteiger partial charge is 0.310 e. The number of aromatic nitrogens is 1. The van der Waals surface area contributed by atoms with Gasteiger partial charge in [0.2, 0.25) is 0 Å². The van der Waals surface area contributed by atoms with Crippen LogP contribution >= 0.6 is 22.6 Å². The van der Waals surface area contributed by atoms with Crippen molar-refractivity contribution in [1.82, 2.24) is 4.98 Å². The Morgan fingerprint density at radius 3 is 2.72 bits per heavy atom. The predicted molar refractivity (Wildman–Crippen MR) is 104 cm³/mol. The molecule has 1 heterocycles. The van der Waals surface area contributed by atoms with Gasteiger partial charge in [-0.05, 0) is 52.4 Å². The third-order valence-electron chi connectivity index (χ3n) is 3.52. The van der Waals surface area contributed by atoms with E-state index in [1.165, 1.54) is 0 Å². The first-order valence-electron chi connectivity index (χ1n) is 7.65. The Labute approximate surface area is 158 Å². The lowest BCUT2D eigenvalue weighted by atomic mass is 10.1. The molecule has 2 aromatic carbocycles. The number of fused-ring (bicyclic) bond motifs is 1. The molecule has 0 saturated heterocycles. The molecule has 0 atom stereocenters. The van der Waals surface area contributed by atoms with Crippen LogP contribution in [0.3, 0.4) is 0 Å². The third kappa shape index (κ3) is 4.76. The van der Waals surface area contributed by atoms with Crippen molar-refractivity contribution in [2.24, 2.45) is 0 Å². The Morgan fingerprint density at radius 2 is 1.88 bits per heavy atom. The van der Waals surface area contributed by atoms with E-state index in [2.05, 4.69) is 32.9 Å². The maximum atomic E-state index is 12.0. The van der Waals surface area contributed by atoms with E-state index in [0.717, 1.165) is 20.0 Å². The van der Waals surface area contributed by atoms with Gasteiger partial charge in [0.15, 0.2) is 6.61 Å². The van der Waals surface area contributed by atoms with Crippen LogP contribution in [0.25, 0.3) is 10.9 Å². The Kier molecular flexibility index (Phi) is 5.60. The van der Waals surface area contributed by atoms with Crippen molar-refractivity contribution in [3.05, 3.63) is 69.9 Å². The Morgan fingerprint density at radius 1 is 1.08 bits per heavy atom. The number of carbonyl (C=O) groups is 2. The molecule has 1 amide bonds. The van der Waals surface area contributed by atoms with Crippen LogP contribution in [-0.4, -0.2) is 23.5 Å². The Balaban J connectivity index is 1.56. The van der Waals surface area contributed by atoms with Crippen molar-refractivity contribution < 1.29 is 14.3 Å². The molecular weight excluding hydrogens is 431 g/mol. The minimum Gasteiger partial charge on any atom is -0.455 e. The summed E-state index contributed by atoms with van der Waals surface area (Å²) in [5.41, 5.74) is 2.22. The standard InChI is InChI=1S/C19H15IN2O3/c20-15-7-2-8-16(11-15)22-17(23)12-25-18(24)10-14-5-1-4-13-6-3-9-21-19(13)14/h1-9,11H,10,12H2,(H,22,23). The number of nitrogens with one attached hydrogen (secondary N) is 1. The van der Waals surface area contributed by atoms with Gasteiger partial charge in [0, 0.05) is 20.8 Å². The molecule has 0 aliphatic rings. The topological polar surface area (TPSA) is 68.3 Å². The molecule has 0 bridgehead atoms. The number of nitrogens with zero attached hydrogens (tertiary/aromatic N) is 1. The molecule has 3 rings (SSSR count). The van der Waals surface area contributed by atoms with E-state index in [4.69, 9.17) is 4.74 Å². The number of amides is 1. The van der Waals surface area contributed by atoms with E-state index in [9.17, 15) is 9.59 Å². The summed E-state index contributed by atoms with van der Waals surface area (Å²) >= 11 is 2.16. The second-order valence-corrected chi connectivity index (χ2v) is 6.63. The number of hydrogen-bond acceptors (Lipinski definition) is 4. The van der Waals surface area contributed by atoms with Gasteiger partial charge in [-0.3, -0.25) is 14.6 Å². The molecule has 0 saturated carbocycles. The molecule has 25 heavy (non-hydrogen) atoms. The number of pyridine rings is 1. The Hall–Kier alpha value is -2.48. The van der Waals surface area contributed by atoms with Crippen LogP contribution in [0, 0.1) is 3.57 Å². The molecule has 0 unspecified atom stereocenters. The number of ether oxygens (including phenoxy) is 1. The molecular formula is C19H15IN2O3. The van der Waals surface area contributed by atoms with Gasteiger partial charge in [-0.15, -0.1) is 0 Å². The average molecular weight is 446 g/mol. The fraction of sp³-hybridized carbons (Fsp3) is 0.105. The van der Waals surface area contributed by atoms with E-state index < -0.39 is 5.97 Å². The number of anilines is 1. The highest BCUT2D eigenvalue weighted by Gasteiger charge is 2.11. The fourth-order valence-corrected chi connectivity index (χ4v) is 2.97. The largest absolute Gasteiger partial charge is 0.455 e. The van der Waals surface area contributed by atoms with Gasteiger partial charge in [-0.2, -0.15) is 0 Å². The van der Waals surface area contributed by atoms with Crippen LogP contribution in [0.4, 0.5) is 5.69 Å². The molecule has 3 aromatic rings. The summed E-state index contributed by atoms with van der Waals surface area (Å²) in [6, 6.07) is 16.8. The van der Waals surface area contributed by atoms with E-state index in [1.807, 2.05) is 48.5 Å². The van der Waals surface area contributed by atoms with Crippen LogP contribution in [0.1, 0.15) is 5.56 Å². The summed E-state index contributed by atoms with van der Waals surface area (Å²) in [6.07, 6.45) is 1.76.